The van der Waals surface area contributed by atoms with Gasteiger partial charge in [-0.05, 0) is 35.4 Å². The summed E-state index contributed by atoms with van der Waals surface area (Å²) in [5.41, 5.74) is 9.66. The molecule has 2 aromatic heterocycles. The molecule has 7 heteroatoms. The van der Waals surface area contributed by atoms with E-state index in [1.807, 2.05) is 30.6 Å². The highest BCUT2D eigenvalue weighted by Gasteiger charge is 2.12. The van der Waals surface area contributed by atoms with Crippen LogP contribution in [0.5, 0.6) is 5.75 Å². The van der Waals surface area contributed by atoms with Gasteiger partial charge in [-0.3, -0.25) is 0 Å². The molecule has 24 heavy (non-hydrogen) atoms. The molecule has 0 unspecified atom stereocenters. The number of aromatic nitrogens is 3. The van der Waals surface area contributed by atoms with Crippen molar-refractivity contribution in [2.24, 2.45) is 5.73 Å². The molecule has 1 aromatic carbocycles. The normalized spacial score (nSPS) is 14.9. The zero-order valence-electron chi connectivity index (χ0n) is 13.3. The molecule has 0 aliphatic carbocycles. The van der Waals surface area contributed by atoms with Crippen LogP contribution in [-0.4, -0.2) is 40.8 Å². The van der Waals surface area contributed by atoms with Gasteiger partial charge in [-0.1, -0.05) is 0 Å². The Morgan fingerprint density at radius 2 is 2.17 bits per heavy atom. The summed E-state index contributed by atoms with van der Waals surface area (Å²) in [7, 11) is 0. The third kappa shape index (κ3) is 2.91. The first-order valence-corrected chi connectivity index (χ1v) is 8.10. The number of ether oxygens (including phenoxy) is 1. The molecule has 4 rings (SSSR count). The Bertz CT molecular complexity index is 859. The average molecular weight is 324 g/mol. The van der Waals surface area contributed by atoms with Gasteiger partial charge in [0.2, 0.25) is 0 Å². The zero-order valence-corrected chi connectivity index (χ0v) is 13.3. The van der Waals surface area contributed by atoms with Crippen LogP contribution in [0.1, 0.15) is 5.56 Å². The van der Waals surface area contributed by atoms with E-state index in [2.05, 4.69) is 21.8 Å². The van der Waals surface area contributed by atoms with Crippen LogP contribution in [0.3, 0.4) is 0 Å². The molecule has 0 saturated carbocycles. The summed E-state index contributed by atoms with van der Waals surface area (Å²) in [5, 5.41) is 11.1. The fraction of sp³-hybridized carbons (Fsp3) is 0.294. The maximum Gasteiger partial charge on any atom is 0.165 e. The standard InChI is InChI=1S/C17H20N6O/c18-10-12-7-13-9-14(8-12)24-6-4-19-2-3-20-16-1-5-23-17(22-16)15(13)11-21-23/h1,5,7-9,11,19H,2-4,6,10,18H2,(H,20,22). The lowest BCUT2D eigenvalue weighted by atomic mass is 10.0. The average Bonchev–Trinajstić information content (AvgIpc) is 3.03. The molecular formula is C17H20N6O. The number of hydrogen-bond donors (Lipinski definition) is 3. The van der Waals surface area contributed by atoms with E-state index in [4.69, 9.17) is 15.5 Å². The summed E-state index contributed by atoms with van der Waals surface area (Å²) in [6.07, 6.45) is 3.75. The third-order valence-corrected chi connectivity index (χ3v) is 4.04. The topological polar surface area (TPSA) is 89.5 Å². The van der Waals surface area contributed by atoms with Crippen LogP contribution >= 0.6 is 0 Å². The maximum atomic E-state index is 5.88. The van der Waals surface area contributed by atoms with Crippen molar-refractivity contribution in [3.63, 3.8) is 0 Å². The molecule has 7 nitrogen and oxygen atoms in total. The van der Waals surface area contributed by atoms with Crippen molar-refractivity contribution in [2.75, 3.05) is 31.6 Å². The number of fused-ring (bicyclic) bond motifs is 4. The Morgan fingerprint density at radius 3 is 3.08 bits per heavy atom. The molecule has 3 heterocycles. The Hall–Kier alpha value is -2.64. The second kappa shape index (κ2) is 6.46. The summed E-state index contributed by atoms with van der Waals surface area (Å²) in [4.78, 5) is 4.70. The van der Waals surface area contributed by atoms with Gasteiger partial charge in [0, 0.05) is 37.9 Å². The lowest BCUT2D eigenvalue weighted by Gasteiger charge is -2.12. The van der Waals surface area contributed by atoms with E-state index in [-0.39, 0.29) is 0 Å². The van der Waals surface area contributed by atoms with Crippen molar-refractivity contribution < 1.29 is 4.74 Å². The first-order chi connectivity index (χ1) is 11.8. The number of nitrogens with two attached hydrogens (primary N) is 1. The zero-order chi connectivity index (χ0) is 16.4. The molecule has 3 aromatic rings. The summed E-state index contributed by atoms with van der Waals surface area (Å²) in [6.45, 7) is 3.50. The first kappa shape index (κ1) is 14.9. The monoisotopic (exact) mass is 324 g/mol. The van der Waals surface area contributed by atoms with Crippen molar-refractivity contribution in [3.05, 3.63) is 42.2 Å². The van der Waals surface area contributed by atoms with Crippen molar-refractivity contribution in [1.29, 1.82) is 0 Å². The predicted molar refractivity (Wildman–Crippen MR) is 93.2 cm³/mol. The van der Waals surface area contributed by atoms with Gasteiger partial charge < -0.3 is 21.1 Å². The van der Waals surface area contributed by atoms with Crippen molar-refractivity contribution in [2.45, 2.75) is 6.54 Å². The minimum absolute atomic E-state index is 0.460. The number of nitrogens with one attached hydrogen (secondary N) is 2. The van der Waals surface area contributed by atoms with Crippen molar-refractivity contribution in [1.82, 2.24) is 19.9 Å². The molecule has 4 N–H and O–H groups in total. The molecular weight excluding hydrogens is 304 g/mol. The van der Waals surface area contributed by atoms with Gasteiger partial charge in [-0.2, -0.15) is 5.10 Å². The highest BCUT2D eigenvalue weighted by Crippen LogP contribution is 2.29. The number of nitrogens with zero attached hydrogens (tertiary/aromatic N) is 3. The van der Waals surface area contributed by atoms with E-state index in [1.165, 1.54) is 0 Å². The predicted octanol–water partition coefficient (Wildman–Crippen LogP) is 1.25. The first-order valence-electron chi connectivity index (χ1n) is 8.10. The van der Waals surface area contributed by atoms with Crippen LogP contribution in [0, 0.1) is 0 Å². The molecule has 0 saturated heterocycles. The van der Waals surface area contributed by atoms with Crippen LogP contribution in [0.25, 0.3) is 16.8 Å². The van der Waals surface area contributed by atoms with E-state index in [0.717, 1.165) is 53.5 Å². The second-order valence-corrected chi connectivity index (χ2v) is 5.73. The number of rotatable bonds is 1. The van der Waals surface area contributed by atoms with Gasteiger partial charge >= 0.3 is 0 Å². The Balaban J connectivity index is 1.86. The van der Waals surface area contributed by atoms with E-state index >= 15 is 0 Å². The minimum Gasteiger partial charge on any atom is -0.492 e. The second-order valence-electron chi connectivity index (χ2n) is 5.73. The highest BCUT2D eigenvalue weighted by molar-refractivity contribution is 5.79. The molecule has 0 radical (unpaired) electrons. The molecule has 124 valence electrons. The van der Waals surface area contributed by atoms with Crippen molar-refractivity contribution >= 4 is 11.5 Å². The summed E-state index contributed by atoms with van der Waals surface area (Å²) in [6, 6.07) is 8.00. The van der Waals surface area contributed by atoms with Crippen molar-refractivity contribution in [3.8, 4) is 16.9 Å². The van der Waals surface area contributed by atoms with Gasteiger partial charge in [0.1, 0.15) is 18.2 Å². The summed E-state index contributed by atoms with van der Waals surface area (Å²) < 4.78 is 7.65. The SMILES string of the molecule is NCc1cc2cc(c1)-c1cnn3ccc(nc13)NCCNCCO2. The smallest absolute Gasteiger partial charge is 0.165 e. The quantitative estimate of drug-likeness (QED) is 0.624. The van der Waals surface area contributed by atoms with Gasteiger partial charge in [-0.15, -0.1) is 0 Å². The molecule has 0 spiro atoms. The van der Waals surface area contributed by atoms with Crippen LogP contribution in [0.15, 0.2) is 36.7 Å². The fourth-order valence-electron chi connectivity index (χ4n) is 2.83. The molecule has 0 atom stereocenters. The number of hydrogen-bond acceptors (Lipinski definition) is 6. The van der Waals surface area contributed by atoms with E-state index in [9.17, 15) is 0 Å². The Labute approximate surface area is 139 Å². The van der Waals surface area contributed by atoms with E-state index in [0.29, 0.717) is 13.2 Å². The lowest BCUT2D eigenvalue weighted by molar-refractivity contribution is 0.315. The minimum atomic E-state index is 0.460. The van der Waals surface area contributed by atoms with Gasteiger partial charge in [-0.25, -0.2) is 9.50 Å². The van der Waals surface area contributed by atoms with Crippen LogP contribution in [-0.2, 0) is 6.54 Å². The van der Waals surface area contributed by atoms with Gasteiger partial charge in [0.25, 0.3) is 0 Å². The van der Waals surface area contributed by atoms with Crippen LogP contribution in [0.2, 0.25) is 0 Å². The third-order valence-electron chi connectivity index (χ3n) is 4.04. The van der Waals surface area contributed by atoms with E-state index < -0.39 is 0 Å². The summed E-state index contributed by atoms with van der Waals surface area (Å²) >= 11 is 0. The molecule has 0 amide bonds. The molecule has 0 fully saturated rings. The fourth-order valence-corrected chi connectivity index (χ4v) is 2.83. The van der Waals surface area contributed by atoms with Crippen LogP contribution < -0.4 is 21.1 Å². The van der Waals surface area contributed by atoms with E-state index in [1.54, 1.807) is 4.52 Å². The molecule has 4 bridgehead atoms. The number of benzene rings is 1. The van der Waals surface area contributed by atoms with Gasteiger partial charge in [0.05, 0.1) is 6.20 Å². The molecule has 1 aliphatic heterocycles. The van der Waals surface area contributed by atoms with Crippen LogP contribution in [0.4, 0.5) is 5.82 Å². The largest absolute Gasteiger partial charge is 0.492 e. The molecule has 1 aliphatic rings. The van der Waals surface area contributed by atoms with Gasteiger partial charge in [0.15, 0.2) is 5.65 Å². The lowest BCUT2D eigenvalue weighted by Crippen LogP contribution is -2.26. The Kier molecular flexibility index (Phi) is 4.02. The summed E-state index contributed by atoms with van der Waals surface area (Å²) in [5.74, 6) is 1.66. The number of anilines is 1. The Morgan fingerprint density at radius 1 is 1.21 bits per heavy atom. The maximum absolute atomic E-state index is 5.88. The highest BCUT2D eigenvalue weighted by atomic mass is 16.5.